The molecular weight excluding hydrogens is 276 g/mol. The Morgan fingerprint density at radius 2 is 2.05 bits per heavy atom. The van der Waals surface area contributed by atoms with Crippen molar-refractivity contribution < 1.29 is 4.79 Å². The molecule has 5 nitrogen and oxygen atoms in total. The molecule has 1 saturated carbocycles. The zero-order valence-corrected chi connectivity index (χ0v) is 14.0. The standard InChI is InChI=1S/C17H28N4O/c1-11-17(12(2)20(3)19-11)15-8-5-9-21(15)16(22)10-13-6-4-7-14(13)18/h13-15H,4-10,18H2,1-3H3/t13-,14+,15?/m0/s1. The van der Waals surface area contributed by atoms with E-state index in [-0.39, 0.29) is 18.0 Å². The van der Waals surface area contributed by atoms with Gasteiger partial charge in [-0.25, -0.2) is 0 Å². The summed E-state index contributed by atoms with van der Waals surface area (Å²) in [6.45, 7) is 5.03. The molecule has 2 fully saturated rings. The third-order valence-corrected chi connectivity index (χ3v) is 5.63. The van der Waals surface area contributed by atoms with Gasteiger partial charge in [0.15, 0.2) is 0 Å². The van der Waals surface area contributed by atoms with Crippen LogP contribution in [0.25, 0.3) is 0 Å². The van der Waals surface area contributed by atoms with E-state index in [1.165, 1.54) is 17.7 Å². The van der Waals surface area contributed by atoms with Crippen molar-refractivity contribution in [1.82, 2.24) is 14.7 Å². The van der Waals surface area contributed by atoms with Crippen LogP contribution >= 0.6 is 0 Å². The quantitative estimate of drug-likeness (QED) is 0.931. The molecule has 2 aliphatic rings. The van der Waals surface area contributed by atoms with Crippen molar-refractivity contribution in [3.05, 3.63) is 17.0 Å². The maximum Gasteiger partial charge on any atom is 0.223 e. The molecule has 0 bridgehead atoms. The maximum absolute atomic E-state index is 12.8. The molecule has 0 radical (unpaired) electrons. The number of nitrogens with zero attached hydrogens (tertiary/aromatic N) is 3. The minimum Gasteiger partial charge on any atom is -0.336 e. The van der Waals surface area contributed by atoms with Crippen LogP contribution in [-0.4, -0.2) is 33.2 Å². The number of likely N-dealkylation sites (tertiary alicyclic amines) is 1. The van der Waals surface area contributed by atoms with Gasteiger partial charge >= 0.3 is 0 Å². The minimum atomic E-state index is 0.207. The molecule has 2 N–H and O–H groups in total. The van der Waals surface area contributed by atoms with Crippen LogP contribution in [0.5, 0.6) is 0 Å². The molecule has 1 saturated heterocycles. The first kappa shape index (κ1) is 15.5. The van der Waals surface area contributed by atoms with E-state index in [0.717, 1.165) is 37.9 Å². The topological polar surface area (TPSA) is 64.2 Å². The first-order chi connectivity index (χ1) is 10.5. The van der Waals surface area contributed by atoms with Crippen molar-refractivity contribution in [2.24, 2.45) is 18.7 Å². The lowest BCUT2D eigenvalue weighted by Gasteiger charge is -2.27. The Balaban J connectivity index is 1.76. The highest BCUT2D eigenvalue weighted by atomic mass is 16.2. The van der Waals surface area contributed by atoms with E-state index in [2.05, 4.69) is 23.8 Å². The molecule has 0 spiro atoms. The highest BCUT2D eigenvalue weighted by Gasteiger charge is 2.35. The third kappa shape index (κ3) is 2.67. The van der Waals surface area contributed by atoms with Gasteiger partial charge in [0.25, 0.3) is 0 Å². The molecule has 5 heteroatoms. The summed E-state index contributed by atoms with van der Waals surface area (Å²) in [6, 6.07) is 0.422. The van der Waals surface area contributed by atoms with Gasteiger partial charge < -0.3 is 10.6 Å². The Morgan fingerprint density at radius 1 is 1.27 bits per heavy atom. The van der Waals surface area contributed by atoms with Crippen LogP contribution in [0, 0.1) is 19.8 Å². The molecule has 1 aliphatic carbocycles. The minimum absolute atomic E-state index is 0.207. The molecule has 1 aliphatic heterocycles. The van der Waals surface area contributed by atoms with Crippen LogP contribution in [-0.2, 0) is 11.8 Å². The summed E-state index contributed by atoms with van der Waals surface area (Å²) in [5, 5.41) is 4.52. The van der Waals surface area contributed by atoms with Crippen LogP contribution in [0.1, 0.15) is 61.5 Å². The van der Waals surface area contributed by atoms with E-state index in [4.69, 9.17) is 5.73 Å². The number of hydrogen-bond acceptors (Lipinski definition) is 3. The van der Waals surface area contributed by atoms with Crippen LogP contribution in [0.2, 0.25) is 0 Å². The Bertz CT molecular complexity index is 565. The molecular formula is C17H28N4O. The fourth-order valence-electron chi connectivity index (χ4n) is 4.30. The third-order valence-electron chi connectivity index (χ3n) is 5.63. The molecule has 22 heavy (non-hydrogen) atoms. The summed E-state index contributed by atoms with van der Waals surface area (Å²) in [4.78, 5) is 14.9. The molecule has 0 aromatic carbocycles. The van der Waals surface area contributed by atoms with Gasteiger partial charge in [-0.05, 0) is 45.4 Å². The SMILES string of the molecule is Cc1nn(C)c(C)c1C1CCCN1C(=O)C[C@@H]1CCC[C@H]1N. The molecule has 3 rings (SSSR count). The van der Waals surface area contributed by atoms with Gasteiger partial charge in [0.2, 0.25) is 5.91 Å². The Kier molecular flexibility index (Phi) is 4.26. The normalized spacial score (nSPS) is 28.5. The average molecular weight is 304 g/mol. The van der Waals surface area contributed by atoms with Gasteiger partial charge in [-0.15, -0.1) is 0 Å². The summed E-state index contributed by atoms with van der Waals surface area (Å²) >= 11 is 0. The smallest absolute Gasteiger partial charge is 0.223 e. The number of aromatic nitrogens is 2. The Labute approximate surface area is 132 Å². The number of aryl methyl sites for hydroxylation is 2. The summed E-state index contributed by atoms with van der Waals surface area (Å²) in [7, 11) is 1.98. The fraction of sp³-hybridized carbons (Fsp3) is 0.765. The van der Waals surface area contributed by atoms with Crippen LogP contribution < -0.4 is 5.73 Å². The summed E-state index contributed by atoms with van der Waals surface area (Å²) in [5.74, 6) is 0.664. The van der Waals surface area contributed by atoms with E-state index in [1.807, 2.05) is 11.7 Å². The molecule has 1 amide bonds. The first-order valence-electron chi connectivity index (χ1n) is 8.54. The molecule has 1 unspecified atom stereocenters. The zero-order valence-electron chi connectivity index (χ0n) is 14.0. The lowest BCUT2D eigenvalue weighted by atomic mass is 9.98. The zero-order chi connectivity index (χ0) is 15.9. The van der Waals surface area contributed by atoms with E-state index in [1.54, 1.807) is 0 Å². The van der Waals surface area contributed by atoms with Crippen molar-refractivity contribution in [3.8, 4) is 0 Å². The monoisotopic (exact) mass is 304 g/mol. The fourth-order valence-corrected chi connectivity index (χ4v) is 4.30. The Morgan fingerprint density at radius 3 is 2.64 bits per heavy atom. The van der Waals surface area contributed by atoms with E-state index >= 15 is 0 Å². The number of amides is 1. The van der Waals surface area contributed by atoms with Crippen molar-refractivity contribution in [2.75, 3.05) is 6.54 Å². The number of hydrogen-bond donors (Lipinski definition) is 1. The summed E-state index contributed by atoms with van der Waals surface area (Å²) in [6.07, 6.45) is 6.11. The predicted octanol–water partition coefficient (Wildman–Crippen LogP) is 2.22. The summed E-state index contributed by atoms with van der Waals surface area (Å²) < 4.78 is 1.93. The molecule has 3 atom stereocenters. The summed E-state index contributed by atoms with van der Waals surface area (Å²) in [5.41, 5.74) is 9.63. The average Bonchev–Trinajstić information content (AvgIpc) is 3.13. The second-order valence-corrected chi connectivity index (χ2v) is 7.01. The Hall–Kier alpha value is -1.36. The van der Waals surface area contributed by atoms with E-state index < -0.39 is 0 Å². The molecule has 1 aromatic heterocycles. The van der Waals surface area contributed by atoms with Gasteiger partial charge in [-0.3, -0.25) is 9.48 Å². The second kappa shape index (κ2) is 6.03. The number of rotatable bonds is 3. The molecule has 2 heterocycles. The largest absolute Gasteiger partial charge is 0.336 e. The van der Waals surface area contributed by atoms with Crippen LogP contribution in [0.4, 0.5) is 0 Å². The maximum atomic E-state index is 12.8. The highest BCUT2D eigenvalue weighted by Crippen LogP contribution is 2.37. The first-order valence-corrected chi connectivity index (χ1v) is 8.54. The predicted molar refractivity (Wildman–Crippen MR) is 86.3 cm³/mol. The molecule has 1 aromatic rings. The van der Waals surface area contributed by atoms with Crippen molar-refractivity contribution in [1.29, 1.82) is 0 Å². The van der Waals surface area contributed by atoms with Crippen LogP contribution in [0.3, 0.4) is 0 Å². The van der Waals surface area contributed by atoms with Gasteiger partial charge in [-0.1, -0.05) is 6.42 Å². The lowest BCUT2D eigenvalue weighted by Crippen LogP contribution is -2.35. The number of carbonyl (C=O) groups is 1. The second-order valence-electron chi connectivity index (χ2n) is 7.01. The number of carbonyl (C=O) groups excluding carboxylic acids is 1. The van der Waals surface area contributed by atoms with Crippen molar-refractivity contribution in [2.45, 2.75) is 64.5 Å². The number of nitrogens with two attached hydrogens (primary N) is 1. The van der Waals surface area contributed by atoms with Gasteiger partial charge in [-0.2, -0.15) is 5.10 Å². The van der Waals surface area contributed by atoms with Gasteiger partial charge in [0.05, 0.1) is 11.7 Å². The van der Waals surface area contributed by atoms with Crippen molar-refractivity contribution in [3.63, 3.8) is 0 Å². The van der Waals surface area contributed by atoms with Gasteiger partial charge in [0.1, 0.15) is 0 Å². The van der Waals surface area contributed by atoms with E-state index in [9.17, 15) is 4.79 Å². The van der Waals surface area contributed by atoms with E-state index in [0.29, 0.717) is 12.3 Å². The lowest BCUT2D eigenvalue weighted by molar-refractivity contribution is -0.133. The highest BCUT2D eigenvalue weighted by molar-refractivity contribution is 5.77. The van der Waals surface area contributed by atoms with Crippen molar-refractivity contribution >= 4 is 5.91 Å². The van der Waals surface area contributed by atoms with Crippen LogP contribution in [0.15, 0.2) is 0 Å². The van der Waals surface area contributed by atoms with Gasteiger partial charge in [0, 0.05) is 37.3 Å². The molecule has 122 valence electrons.